The first kappa shape index (κ1) is 21.8. The van der Waals surface area contributed by atoms with Crippen molar-refractivity contribution >= 4 is 11.8 Å². The number of fused-ring (bicyclic) bond motifs is 1. The lowest BCUT2D eigenvalue weighted by Crippen LogP contribution is -2.29. The number of nitrogens with zero attached hydrogens (tertiary/aromatic N) is 6. The number of carbonyl (C=O) groups excluding carboxylic acids is 2. The van der Waals surface area contributed by atoms with Crippen LogP contribution >= 0.6 is 0 Å². The van der Waals surface area contributed by atoms with Gasteiger partial charge in [0.2, 0.25) is 5.82 Å². The number of aromatic amines is 1. The molecule has 2 aromatic carbocycles. The fraction of sp³-hybridized carbons (Fsp3) is 0.167. The fourth-order valence-corrected chi connectivity index (χ4v) is 4.05. The van der Waals surface area contributed by atoms with Crippen LogP contribution in [0.25, 0.3) is 11.4 Å². The molecule has 0 bridgehead atoms. The molecule has 0 aliphatic heterocycles. The second kappa shape index (κ2) is 9.48. The third-order valence-corrected chi connectivity index (χ3v) is 5.77. The normalized spacial score (nSPS) is 14.1. The number of rotatable bonds is 6. The molecular weight excluding hydrogens is 446 g/mol. The molecule has 1 aliphatic rings. The average Bonchev–Trinajstić information content (AvgIpc) is 3.58. The van der Waals surface area contributed by atoms with E-state index in [1.165, 1.54) is 12.4 Å². The molecule has 35 heavy (non-hydrogen) atoms. The first-order valence-corrected chi connectivity index (χ1v) is 10.9. The monoisotopic (exact) mass is 465 g/mol. The molecule has 0 radical (unpaired) electrons. The molecule has 3 N–H and O–H groups in total. The number of hydrogen-bond acceptors (Lipinski definition) is 8. The van der Waals surface area contributed by atoms with Crippen LogP contribution in [0.1, 0.15) is 55.7 Å². The summed E-state index contributed by atoms with van der Waals surface area (Å²) >= 11 is 0. The van der Waals surface area contributed by atoms with Crippen LogP contribution in [0.15, 0.2) is 54.9 Å². The van der Waals surface area contributed by atoms with Crippen molar-refractivity contribution in [1.82, 2.24) is 41.2 Å². The number of benzene rings is 2. The Morgan fingerprint density at radius 1 is 1.09 bits per heavy atom. The lowest BCUT2D eigenvalue weighted by Gasteiger charge is -2.14. The smallest absolute Gasteiger partial charge is 0.270 e. The van der Waals surface area contributed by atoms with E-state index in [1.54, 1.807) is 18.2 Å². The van der Waals surface area contributed by atoms with Gasteiger partial charge in [0.1, 0.15) is 17.7 Å². The van der Waals surface area contributed by atoms with Gasteiger partial charge in [0.05, 0.1) is 17.7 Å². The first-order valence-electron chi connectivity index (χ1n) is 10.9. The molecule has 2 amide bonds. The van der Waals surface area contributed by atoms with E-state index < -0.39 is 5.91 Å². The fourth-order valence-electron chi connectivity index (χ4n) is 4.05. The Hall–Kier alpha value is -4.98. The predicted octanol–water partition coefficient (Wildman–Crippen LogP) is 1.88. The van der Waals surface area contributed by atoms with Crippen molar-refractivity contribution in [3.05, 3.63) is 88.5 Å². The number of nitriles is 1. The van der Waals surface area contributed by atoms with Crippen molar-refractivity contribution < 1.29 is 9.59 Å². The standard InChI is InChI=1S/C24H19N9O2/c25-11-14-2-1-3-15(8-14)12-26-23(34)20-10-21(28-13-27-20)24(35)29-19-7-5-16-9-17(4-6-18(16)19)22-30-32-33-31-22/h1-4,6,8-10,13,19H,5,7,12H2,(H,26,34)(H,29,35)(H,30,31,32,33)/t19-/m0/s1. The molecule has 0 spiro atoms. The maximum Gasteiger partial charge on any atom is 0.270 e. The van der Waals surface area contributed by atoms with Gasteiger partial charge in [-0.1, -0.05) is 24.3 Å². The van der Waals surface area contributed by atoms with Crippen molar-refractivity contribution in [2.45, 2.75) is 25.4 Å². The second-order valence-corrected chi connectivity index (χ2v) is 8.00. The van der Waals surface area contributed by atoms with Crippen LogP contribution in [0.2, 0.25) is 0 Å². The number of amides is 2. The molecule has 2 aromatic heterocycles. The number of hydrogen-bond donors (Lipinski definition) is 3. The number of tetrazole rings is 1. The van der Waals surface area contributed by atoms with E-state index in [2.05, 4.69) is 47.3 Å². The highest BCUT2D eigenvalue weighted by Crippen LogP contribution is 2.33. The summed E-state index contributed by atoms with van der Waals surface area (Å²) < 4.78 is 0. The molecule has 1 atom stereocenters. The van der Waals surface area contributed by atoms with Crippen LogP contribution in [0.3, 0.4) is 0 Å². The molecule has 0 unspecified atom stereocenters. The summed E-state index contributed by atoms with van der Waals surface area (Å²) in [7, 11) is 0. The SMILES string of the molecule is N#Cc1cccc(CNC(=O)c2cc(C(=O)N[C@H]3CCc4cc(-c5nn[nH]n5)ccc43)ncn2)c1. The van der Waals surface area contributed by atoms with Crippen molar-refractivity contribution in [2.75, 3.05) is 0 Å². The highest BCUT2D eigenvalue weighted by atomic mass is 16.2. The Balaban J connectivity index is 1.24. The topological polar surface area (TPSA) is 162 Å². The molecule has 4 aromatic rings. The summed E-state index contributed by atoms with van der Waals surface area (Å²) in [5.41, 5.74) is 4.48. The zero-order valence-corrected chi connectivity index (χ0v) is 18.4. The first-order chi connectivity index (χ1) is 17.1. The summed E-state index contributed by atoms with van der Waals surface area (Å²) in [4.78, 5) is 33.5. The van der Waals surface area contributed by atoms with E-state index >= 15 is 0 Å². The number of aryl methyl sites for hydroxylation is 1. The third kappa shape index (κ3) is 4.72. The van der Waals surface area contributed by atoms with E-state index in [4.69, 9.17) is 5.26 Å². The molecule has 0 saturated heterocycles. The summed E-state index contributed by atoms with van der Waals surface area (Å²) in [6.45, 7) is 0.227. The average molecular weight is 465 g/mol. The summed E-state index contributed by atoms with van der Waals surface area (Å²) in [6.07, 6.45) is 2.74. The third-order valence-electron chi connectivity index (χ3n) is 5.77. The van der Waals surface area contributed by atoms with Gasteiger partial charge < -0.3 is 10.6 Å². The van der Waals surface area contributed by atoms with Gasteiger partial charge in [0, 0.05) is 18.2 Å². The quantitative estimate of drug-likeness (QED) is 0.389. The number of H-pyrrole nitrogens is 1. The Labute approximate surface area is 199 Å². The molecule has 172 valence electrons. The Morgan fingerprint density at radius 3 is 2.74 bits per heavy atom. The van der Waals surface area contributed by atoms with Gasteiger partial charge in [-0.25, -0.2) is 9.97 Å². The van der Waals surface area contributed by atoms with Crippen LogP contribution in [0.5, 0.6) is 0 Å². The number of aromatic nitrogens is 6. The van der Waals surface area contributed by atoms with Gasteiger partial charge in [-0.2, -0.15) is 10.5 Å². The minimum Gasteiger partial charge on any atom is -0.347 e. The van der Waals surface area contributed by atoms with E-state index in [-0.39, 0.29) is 29.9 Å². The molecular formula is C24H19N9O2. The second-order valence-electron chi connectivity index (χ2n) is 8.00. The van der Waals surface area contributed by atoms with Crippen LogP contribution in [0.4, 0.5) is 0 Å². The van der Waals surface area contributed by atoms with Crippen molar-refractivity contribution in [1.29, 1.82) is 5.26 Å². The van der Waals surface area contributed by atoms with E-state index in [0.29, 0.717) is 11.4 Å². The van der Waals surface area contributed by atoms with Gasteiger partial charge in [-0.3, -0.25) is 9.59 Å². The molecule has 0 fully saturated rings. The van der Waals surface area contributed by atoms with E-state index in [0.717, 1.165) is 35.1 Å². The van der Waals surface area contributed by atoms with Crippen LogP contribution in [-0.4, -0.2) is 42.4 Å². The Kier molecular flexibility index (Phi) is 5.92. The van der Waals surface area contributed by atoms with Gasteiger partial charge in [0.15, 0.2) is 0 Å². The molecule has 5 rings (SSSR count). The Morgan fingerprint density at radius 2 is 1.94 bits per heavy atom. The zero-order chi connectivity index (χ0) is 24.2. The maximum atomic E-state index is 12.9. The lowest BCUT2D eigenvalue weighted by molar-refractivity contribution is 0.0931. The summed E-state index contributed by atoms with van der Waals surface area (Å²) in [6, 6.07) is 16.1. The largest absolute Gasteiger partial charge is 0.347 e. The molecule has 2 heterocycles. The van der Waals surface area contributed by atoms with Crippen molar-refractivity contribution in [2.24, 2.45) is 0 Å². The van der Waals surface area contributed by atoms with Crippen molar-refractivity contribution in [3.8, 4) is 17.5 Å². The highest BCUT2D eigenvalue weighted by molar-refractivity contribution is 5.97. The Bertz CT molecular complexity index is 1440. The van der Waals surface area contributed by atoms with Gasteiger partial charge in [-0.05, 0) is 52.9 Å². The van der Waals surface area contributed by atoms with E-state index in [1.807, 2.05) is 24.3 Å². The maximum absolute atomic E-state index is 12.9. The molecule has 11 nitrogen and oxygen atoms in total. The minimum atomic E-state index is -0.441. The van der Waals surface area contributed by atoms with E-state index in [9.17, 15) is 9.59 Å². The van der Waals surface area contributed by atoms with Crippen molar-refractivity contribution in [3.63, 3.8) is 0 Å². The summed E-state index contributed by atoms with van der Waals surface area (Å²) in [5, 5.41) is 28.8. The molecule has 1 aliphatic carbocycles. The molecule has 11 heteroatoms. The zero-order valence-electron chi connectivity index (χ0n) is 18.4. The predicted molar refractivity (Wildman–Crippen MR) is 123 cm³/mol. The van der Waals surface area contributed by atoms with Crippen LogP contribution in [0, 0.1) is 11.3 Å². The number of carbonyl (C=O) groups is 2. The van der Waals surface area contributed by atoms with Gasteiger partial charge in [0.25, 0.3) is 11.8 Å². The lowest BCUT2D eigenvalue weighted by atomic mass is 10.0. The van der Waals surface area contributed by atoms with Crippen LogP contribution < -0.4 is 10.6 Å². The summed E-state index contributed by atoms with van der Waals surface area (Å²) in [5.74, 6) is -0.308. The highest BCUT2D eigenvalue weighted by Gasteiger charge is 2.26. The van der Waals surface area contributed by atoms with Gasteiger partial charge >= 0.3 is 0 Å². The van der Waals surface area contributed by atoms with Gasteiger partial charge in [-0.15, -0.1) is 10.2 Å². The number of nitrogens with one attached hydrogen (secondary N) is 3. The van der Waals surface area contributed by atoms with Crippen LogP contribution in [-0.2, 0) is 13.0 Å². The minimum absolute atomic E-state index is 0.0816. The molecule has 0 saturated carbocycles.